The third kappa shape index (κ3) is 1.73. The molecule has 0 bridgehead atoms. The van der Waals surface area contributed by atoms with Gasteiger partial charge in [-0.25, -0.2) is 4.79 Å². The number of nitrogens with zero attached hydrogens (tertiary/aromatic N) is 2. The monoisotopic (exact) mass is 379 g/mol. The zero-order valence-electron chi connectivity index (χ0n) is 8.31. The molecule has 2 aromatic rings. The SMILES string of the molecule is O=c1[nH]c2cc(Br)c(Br)c([N+](=O)[O-])c2c(=O)n1O. The van der Waals surface area contributed by atoms with E-state index < -0.39 is 27.2 Å². The Morgan fingerprint density at radius 3 is 2.56 bits per heavy atom. The lowest BCUT2D eigenvalue weighted by atomic mass is 10.2. The second kappa shape index (κ2) is 4.21. The maximum Gasteiger partial charge on any atom is 0.362 e. The van der Waals surface area contributed by atoms with Crippen LogP contribution in [-0.2, 0) is 0 Å². The Hall–Kier alpha value is -1.68. The highest BCUT2D eigenvalue weighted by Gasteiger charge is 2.24. The summed E-state index contributed by atoms with van der Waals surface area (Å²) in [4.78, 5) is 35.2. The van der Waals surface area contributed by atoms with E-state index >= 15 is 0 Å². The molecule has 1 aromatic carbocycles. The molecule has 0 spiro atoms. The van der Waals surface area contributed by atoms with E-state index in [1.165, 1.54) is 6.07 Å². The molecule has 0 saturated heterocycles. The minimum Gasteiger partial charge on any atom is -0.421 e. The van der Waals surface area contributed by atoms with E-state index in [2.05, 4.69) is 36.8 Å². The van der Waals surface area contributed by atoms with Gasteiger partial charge in [0.25, 0.3) is 5.69 Å². The number of rotatable bonds is 1. The van der Waals surface area contributed by atoms with Gasteiger partial charge in [-0.3, -0.25) is 14.9 Å². The van der Waals surface area contributed by atoms with Crippen LogP contribution in [0.5, 0.6) is 0 Å². The van der Waals surface area contributed by atoms with Gasteiger partial charge in [0.15, 0.2) is 0 Å². The lowest BCUT2D eigenvalue weighted by molar-refractivity contribution is -0.384. The van der Waals surface area contributed by atoms with Crippen molar-refractivity contribution in [2.45, 2.75) is 0 Å². The second-order valence-electron chi connectivity index (χ2n) is 3.25. The molecule has 10 heteroatoms. The minimum absolute atomic E-state index is 0.0444. The molecule has 0 aliphatic heterocycles. The lowest BCUT2D eigenvalue weighted by Gasteiger charge is -2.04. The summed E-state index contributed by atoms with van der Waals surface area (Å²) >= 11 is 6.03. The van der Waals surface area contributed by atoms with E-state index in [0.29, 0.717) is 4.47 Å². The summed E-state index contributed by atoms with van der Waals surface area (Å²) in [7, 11) is 0. The summed E-state index contributed by atoms with van der Waals surface area (Å²) < 4.78 is 0.131. The van der Waals surface area contributed by atoms with Gasteiger partial charge in [-0.1, -0.05) is 4.73 Å². The highest BCUT2D eigenvalue weighted by molar-refractivity contribution is 9.13. The minimum atomic E-state index is -1.16. The highest BCUT2D eigenvalue weighted by Crippen LogP contribution is 2.36. The molecule has 2 rings (SSSR count). The van der Waals surface area contributed by atoms with Crippen molar-refractivity contribution >= 4 is 48.5 Å². The summed E-state index contributed by atoms with van der Waals surface area (Å²) in [5, 5.41) is 19.8. The van der Waals surface area contributed by atoms with Crippen LogP contribution in [0.3, 0.4) is 0 Å². The van der Waals surface area contributed by atoms with Crippen molar-refractivity contribution in [1.29, 1.82) is 0 Å². The van der Waals surface area contributed by atoms with Crippen LogP contribution in [-0.4, -0.2) is 19.8 Å². The number of hydrogen-bond donors (Lipinski definition) is 2. The maximum absolute atomic E-state index is 11.7. The van der Waals surface area contributed by atoms with E-state index in [1.54, 1.807) is 0 Å². The lowest BCUT2D eigenvalue weighted by Crippen LogP contribution is -2.33. The molecule has 2 N–H and O–H groups in total. The van der Waals surface area contributed by atoms with Gasteiger partial charge in [0.1, 0.15) is 9.86 Å². The molecule has 0 aliphatic carbocycles. The predicted molar refractivity (Wildman–Crippen MR) is 68.1 cm³/mol. The number of nitro groups is 1. The molecular weight excluding hydrogens is 378 g/mol. The number of fused-ring (bicyclic) bond motifs is 1. The van der Waals surface area contributed by atoms with Crippen LogP contribution in [0.4, 0.5) is 5.69 Å². The van der Waals surface area contributed by atoms with Crippen molar-refractivity contribution in [2.75, 3.05) is 0 Å². The first-order chi connectivity index (χ1) is 8.34. The topological polar surface area (TPSA) is 118 Å². The Balaban J connectivity index is 3.20. The molecule has 0 aliphatic rings. The second-order valence-corrected chi connectivity index (χ2v) is 4.90. The summed E-state index contributed by atoms with van der Waals surface area (Å²) in [5.74, 6) is 0. The molecule has 18 heavy (non-hydrogen) atoms. The van der Waals surface area contributed by atoms with Crippen molar-refractivity contribution in [3.05, 3.63) is 46.0 Å². The Kier molecular flexibility index (Phi) is 2.99. The van der Waals surface area contributed by atoms with Gasteiger partial charge in [-0.05, 0) is 37.9 Å². The zero-order chi connectivity index (χ0) is 13.6. The van der Waals surface area contributed by atoms with Crippen LogP contribution in [0.25, 0.3) is 10.9 Å². The van der Waals surface area contributed by atoms with E-state index in [9.17, 15) is 24.9 Å². The van der Waals surface area contributed by atoms with Crippen molar-refractivity contribution in [1.82, 2.24) is 9.71 Å². The van der Waals surface area contributed by atoms with Crippen molar-refractivity contribution in [3.63, 3.8) is 0 Å². The summed E-state index contributed by atoms with van der Waals surface area (Å²) in [6.07, 6.45) is 0. The molecule has 0 fully saturated rings. The van der Waals surface area contributed by atoms with Crippen molar-refractivity contribution in [2.24, 2.45) is 0 Å². The van der Waals surface area contributed by atoms with Crippen LogP contribution in [0.1, 0.15) is 0 Å². The number of hydrogen-bond acceptors (Lipinski definition) is 5. The number of nitrogens with one attached hydrogen (secondary N) is 1. The summed E-state index contributed by atoms with van der Waals surface area (Å²) in [6, 6.07) is 1.33. The quantitative estimate of drug-likeness (QED) is 0.440. The Bertz CT molecular complexity index is 794. The first-order valence-electron chi connectivity index (χ1n) is 4.35. The summed E-state index contributed by atoms with van der Waals surface area (Å²) in [5.41, 5.74) is -2.81. The Labute approximate surface area is 114 Å². The van der Waals surface area contributed by atoms with Gasteiger partial charge >= 0.3 is 11.2 Å². The standard InChI is InChI=1S/C8H3Br2N3O5/c9-2-1-3-4(6(5(2)10)13(17)18)7(14)12(16)8(15)11-3/h1,16H,(H,11,15). The van der Waals surface area contributed by atoms with Crippen LogP contribution in [0.2, 0.25) is 0 Å². The molecule has 8 nitrogen and oxygen atoms in total. The number of benzene rings is 1. The number of halogens is 2. The zero-order valence-corrected chi connectivity index (χ0v) is 11.5. The molecule has 94 valence electrons. The molecule has 0 unspecified atom stereocenters. The number of aromatic nitrogens is 2. The van der Waals surface area contributed by atoms with Gasteiger partial charge < -0.3 is 10.2 Å². The van der Waals surface area contributed by atoms with Crippen LogP contribution < -0.4 is 11.2 Å². The highest BCUT2D eigenvalue weighted by atomic mass is 79.9. The molecule has 0 atom stereocenters. The third-order valence-corrected chi connectivity index (χ3v) is 4.18. The fraction of sp³-hybridized carbons (Fsp3) is 0. The van der Waals surface area contributed by atoms with Gasteiger partial charge in [0.05, 0.1) is 10.4 Å². The fourth-order valence-electron chi connectivity index (χ4n) is 1.47. The molecule has 1 aromatic heterocycles. The Morgan fingerprint density at radius 2 is 2.00 bits per heavy atom. The van der Waals surface area contributed by atoms with E-state index in [4.69, 9.17) is 0 Å². The average Bonchev–Trinajstić information content (AvgIpc) is 2.29. The maximum atomic E-state index is 11.7. The van der Waals surface area contributed by atoms with E-state index in [-0.39, 0.29) is 14.7 Å². The molecule has 0 radical (unpaired) electrons. The Morgan fingerprint density at radius 1 is 1.39 bits per heavy atom. The van der Waals surface area contributed by atoms with Crippen LogP contribution in [0.15, 0.2) is 24.6 Å². The predicted octanol–water partition coefficient (Wildman–Crippen LogP) is 1.36. The van der Waals surface area contributed by atoms with Gasteiger partial charge in [-0.2, -0.15) is 0 Å². The van der Waals surface area contributed by atoms with Gasteiger partial charge in [0, 0.05) is 4.47 Å². The molecule has 0 amide bonds. The summed E-state index contributed by atoms with van der Waals surface area (Å²) in [6.45, 7) is 0. The average molecular weight is 381 g/mol. The largest absolute Gasteiger partial charge is 0.421 e. The van der Waals surface area contributed by atoms with Crippen molar-refractivity contribution < 1.29 is 10.1 Å². The number of H-pyrrole nitrogens is 1. The van der Waals surface area contributed by atoms with E-state index in [1.807, 2.05) is 0 Å². The van der Waals surface area contributed by atoms with Crippen LogP contribution >= 0.6 is 31.9 Å². The molecule has 1 heterocycles. The van der Waals surface area contributed by atoms with Gasteiger partial charge in [-0.15, -0.1) is 0 Å². The number of aromatic amines is 1. The smallest absolute Gasteiger partial charge is 0.362 e. The third-order valence-electron chi connectivity index (χ3n) is 2.22. The first kappa shape index (κ1) is 12.8. The first-order valence-corrected chi connectivity index (χ1v) is 5.94. The van der Waals surface area contributed by atoms with Gasteiger partial charge in [0.2, 0.25) is 0 Å². The van der Waals surface area contributed by atoms with E-state index in [0.717, 1.165) is 0 Å². The van der Waals surface area contributed by atoms with Crippen molar-refractivity contribution in [3.8, 4) is 0 Å². The molecular formula is C8H3Br2N3O5. The molecule has 0 saturated carbocycles. The van der Waals surface area contributed by atoms with Crippen LogP contribution in [0, 0.1) is 10.1 Å². The normalized spacial score (nSPS) is 10.8. The number of nitro benzene ring substituents is 1. The fourth-order valence-corrected chi connectivity index (χ4v) is 2.34.